The van der Waals surface area contributed by atoms with Crippen LogP contribution in [0.5, 0.6) is 5.75 Å². The van der Waals surface area contributed by atoms with E-state index >= 15 is 0 Å². The number of benzene rings is 1. The van der Waals surface area contributed by atoms with Gasteiger partial charge in [0, 0.05) is 0 Å². The maximum absolute atomic E-state index is 11.0. The smallest absolute Gasteiger partial charge is 0.169 e. The van der Waals surface area contributed by atoms with E-state index in [-0.39, 0.29) is 11.9 Å². The Bertz CT molecular complexity index is 322. The second kappa shape index (κ2) is 4.27. The van der Waals surface area contributed by atoms with Crippen molar-refractivity contribution in [3.8, 4) is 5.75 Å². The summed E-state index contributed by atoms with van der Waals surface area (Å²) in [7, 11) is 0. The Kier molecular flexibility index (Phi) is 3.28. The molecule has 0 aliphatic carbocycles. The number of Topliss-reactive ketones (excluding diaryl/α,β-unsaturated/α-hetero) is 1. The summed E-state index contributed by atoms with van der Waals surface area (Å²) < 4.78 is 5.59. The van der Waals surface area contributed by atoms with Gasteiger partial charge in [-0.1, -0.05) is 18.2 Å². The summed E-state index contributed by atoms with van der Waals surface area (Å²) in [5.41, 5.74) is 2.14. The highest BCUT2D eigenvalue weighted by atomic mass is 16.5. The van der Waals surface area contributed by atoms with Crippen LogP contribution in [0.25, 0.3) is 0 Å². The highest BCUT2D eigenvalue weighted by molar-refractivity contribution is 5.80. The topological polar surface area (TPSA) is 26.3 Å². The molecule has 1 atom stereocenters. The number of hydrogen-bond donors (Lipinski definition) is 0. The van der Waals surface area contributed by atoms with Crippen molar-refractivity contribution in [2.75, 3.05) is 0 Å². The molecule has 1 rings (SSSR count). The van der Waals surface area contributed by atoms with Crippen LogP contribution in [0.1, 0.15) is 25.0 Å². The molecule has 0 aliphatic rings. The third kappa shape index (κ3) is 2.34. The first kappa shape index (κ1) is 10.8. The Morgan fingerprint density at radius 2 is 1.79 bits per heavy atom. The van der Waals surface area contributed by atoms with Crippen LogP contribution < -0.4 is 4.74 Å². The van der Waals surface area contributed by atoms with Crippen LogP contribution >= 0.6 is 0 Å². The third-order valence-electron chi connectivity index (χ3n) is 2.28. The Morgan fingerprint density at radius 1 is 1.29 bits per heavy atom. The van der Waals surface area contributed by atoms with Crippen molar-refractivity contribution in [1.29, 1.82) is 0 Å². The molecule has 0 aliphatic heterocycles. The molecule has 2 nitrogen and oxygen atoms in total. The van der Waals surface area contributed by atoms with Crippen LogP contribution in [-0.4, -0.2) is 11.9 Å². The first-order valence-electron chi connectivity index (χ1n) is 4.75. The molecule has 0 amide bonds. The Morgan fingerprint density at radius 3 is 2.21 bits per heavy atom. The zero-order valence-electron chi connectivity index (χ0n) is 9.13. The van der Waals surface area contributed by atoms with Crippen molar-refractivity contribution in [2.45, 2.75) is 33.8 Å². The van der Waals surface area contributed by atoms with E-state index in [1.807, 2.05) is 32.0 Å². The van der Waals surface area contributed by atoms with Crippen molar-refractivity contribution >= 4 is 5.78 Å². The maximum atomic E-state index is 11.0. The first-order chi connectivity index (χ1) is 6.52. The summed E-state index contributed by atoms with van der Waals surface area (Å²) in [6.45, 7) is 7.27. The number of carbonyl (C=O) groups excluding carboxylic acids is 1. The van der Waals surface area contributed by atoms with Gasteiger partial charge in [0.05, 0.1) is 0 Å². The second-order valence-corrected chi connectivity index (χ2v) is 3.59. The summed E-state index contributed by atoms with van der Waals surface area (Å²) >= 11 is 0. The van der Waals surface area contributed by atoms with Gasteiger partial charge in [0.2, 0.25) is 0 Å². The molecule has 0 saturated heterocycles. The highest BCUT2D eigenvalue weighted by Gasteiger charge is 2.11. The molecule has 0 saturated carbocycles. The van der Waals surface area contributed by atoms with Gasteiger partial charge >= 0.3 is 0 Å². The summed E-state index contributed by atoms with van der Waals surface area (Å²) in [5.74, 6) is 0.878. The van der Waals surface area contributed by atoms with Gasteiger partial charge in [-0.05, 0) is 38.8 Å². The zero-order valence-corrected chi connectivity index (χ0v) is 9.13. The average Bonchev–Trinajstić information content (AvgIpc) is 2.11. The number of ether oxygens (including phenoxy) is 1. The predicted octanol–water partition coefficient (Wildman–Crippen LogP) is 2.66. The minimum atomic E-state index is -0.366. The van der Waals surface area contributed by atoms with E-state index < -0.39 is 0 Å². The van der Waals surface area contributed by atoms with Crippen molar-refractivity contribution < 1.29 is 9.53 Å². The normalized spacial score (nSPS) is 12.3. The lowest BCUT2D eigenvalue weighted by Crippen LogP contribution is -2.21. The lowest BCUT2D eigenvalue weighted by atomic mass is 10.1. The number of para-hydroxylation sites is 1. The van der Waals surface area contributed by atoms with Gasteiger partial charge in [-0.3, -0.25) is 4.79 Å². The first-order valence-corrected chi connectivity index (χ1v) is 4.75. The molecule has 0 aromatic heterocycles. The van der Waals surface area contributed by atoms with Gasteiger partial charge in [-0.25, -0.2) is 0 Å². The van der Waals surface area contributed by atoms with Crippen LogP contribution in [0.3, 0.4) is 0 Å². The molecule has 0 heterocycles. The van der Waals surface area contributed by atoms with Gasteiger partial charge < -0.3 is 4.74 Å². The van der Waals surface area contributed by atoms with E-state index in [0.29, 0.717) is 0 Å². The molecule has 0 spiro atoms. The molecule has 76 valence electrons. The average molecular weight is 192 g/mol. The quantitative estimate of drug-likeness (QED) is 0.736. The fourth-order valence-electron chi connectivity index (χ4n) is 1.24. The van der Waals surface area contributed by atoms with Crippen LogP contribution in [0, 0.1) is 13.8 Å². The molecule has 0 radical (unpaired) electrons. The van der Waals surface area contributed by atoms with E-state index in [4.69, 9.17) is 4.74 Å². The number of rotatable bonds is 3. The minimum Gasteiger partial charge on any atom is -0.482 e. The van der Waals surface area contributed by atoms with E-state index in [1.54, 1.807) is 6.92 Å². The van der Waals surface area contributed by atoms with E-state index in [2.05, 4.69) is 0 Å². The minimum absolute atomic E-state index is 0.0488. The van der Waals surface area contributed by atoms with Gasteiger partial charge in [0.25, 0.3) is 0 Å². The largest absolute Gasteiger partial charge is 0.482 e. The molecular formula is C12H16O2. The van der Waals surface area contributed by atoms with Gasteiger partial charge in [-0.2, -0.15) is 0 Å². The highest BCUT2D eigenvalue weighted by Crippen LogP contribution is 2.23. The van der Waals surface area contributed by atoms with Crippen LogP contribution in [0.15, 0.2) is 18.2 Å². The number of ketones is 1. The molecule has 0 unspecified atom stereocenters. The van der Waals surface area contributed by atoms with E-state index in [9.17, 15) is 4.79 Å². The standard InChI is InChI=1S/C12H16O2/c1-8-6-5-7-9(2)12(8)14-11(4)10(3)13/h5-7,11H,1-4H3/t11-/m0/s1. The monoisotopic (exact) mass is 192 g/mol. The number of hydrogen-bond acceptors (Lipinski definition) is 2. The fraction of sp³-hybridized carbons (Fsp3) is 0.417. The van der Waals surface area contributed by atoms with E-state index in [0.717, 1.165) is 16.9 Å². The number of aryl methyl sites for hydroxylation is 2. The summed E-state index contributed by atoms with van der Waals surface area (Å²) in [6, 6.07) is 5.94. The maximum Gasteiger partial charge on any atom is 0.169 e. The van der Waals surface area contributed by atoms with Crippen LogP contribution in [0.2, 0.25) is 0 Å². The van der Waals surface area contributed by atoms with Crippen LogP contribution in [-0.2, 0) is 4.79 Å². The number of carbonyl (C=O) groups is 1. The molecule has 1 aromatic rings. The van der Waals surface area contributed by atoms with Crippen molar-refractivity contribution in [2.24, 2.45) is 0 Å². The fourth-order valence-corrected chi connectivity index (χ4v) is 1.24. The lowest BCUT2D eigenvalue weighted by Gasteiger charge is -2.15. The third-order valence-corrected chi connectivity index (χ3v) is 2.28. The molecule has 0 N–H and O–H groups in total. The Hall–Kier alpha value is -1.31. The predicted molar refractivity (Wildman–Crippen MR) is 56.7 cm³/mol. The van der Waals surface area contributed by atoms with E-state index in [1.165, 1.54) is 6.92 Å². The molecule has 1 aromatic carbocycles. The van der Waals surface area contributed by atoms with Gasteiger partial charge in [0.15, 0.2) is 11.9 Å². The summed E-state index contributed by atoms with van der Waals surface area (Å²) in [4.78, 5) is 11.0. The molecule has 0 bridgehead atoms. The summed E-state index contributed by atoms with van der Waals surface area (Å²) in [5, 5.41) is 0. The van der Waals surface area contributed by atoms with Crippen molar-refractivity contribution in [3.05, 3.63) is 29.3 Å². The van der Waals surface area contributed by atoms with Gasteiger partial charge in [-0.15, -0.1) is 0 Å². The molecule has 2 heteroatoms. The lowest BCUT2D eigenvalue weighted by molar-refractivity contribution is -0.122. The van der Waals surface area contributed by atoms with Crippen LogP contribution in [0.4, 0.5) is 0 Å². The van der Waals surface area contributed by atoms with Gasteiger partial charge in [0.1, 0.15) is 5.75 Å². The van der Waals surface area contributed by atoms with Crippen molar-refractivity contribution in [3.63, 3.8) is 0 Å². The SMILES string of the molecule is CC(=O)[C@H](C)Oc1c(C)cccc1C. The molecular weight excluding hydrogens is 176 g/mol. The second-order valence-electron chi connectivity index (χ2n) is 3.59. The molecule has 14 heavy (non-hydrogen) atoms. The molecule has 0 fully saturated rings. The Balaban J connectivity index is 2.91. The van der Waals surface area contributed by atoms with Crippen molar-refractivity contribution in [1.82, 2.24) is 0 Å². The zero-order chi connectivity index (χ0) is 10.7. The Labute approximate surface area is 84.9 Å². The summed E-state index contributed by atoms with van der Waals surface area (Å²) in [6.07, 6.45) is -0.366.